The lowest BCUT2D eigenvalue weighted by molar-refractivity contribution is 0.210. The van der Waals surface area contributed by atoms with Gasteiger partial charge in [-0.2, -0.15) is 5.26 Å². The summed E-state index contributed by atoms with van der Waals surface area (Å²) in [7, 11) is 0. The van der Waals surface area contributed by atoms with Crippen LogP contribution in [0.15, 0.2) is 0 Å². The second kappa shape index (κ2) is 2.62. The molecule has 1 aliphatic rings. The number of nitriles is 1. The van der Waals surface area contributed by atoms with Crippen LogP contribution in [0.25, 0.3) is 0 Å². The van der Waals surface area contributed by atoms with Gasteiger partial charge in [0.15, 0.2) is 0 Å². The molecule has 0 saturated heterocycles. The molecule has 0 aromatic rings. The minimum absolute atomic E-state index is 0.337. The van der Waals surface area contributed by atoms with Gasteiger partial charge in [-0.1, -0.05) is 20.3 Å². The van der Waals surface area contributed by atoms with Gasteiger partial charge in [0.05, 0.1) is 6.07 Å². The van der Waals surface area contributed by atoms with Gasteiger partial charge in [-0.05, 0) is 24.7 Å². The number of hydrogen-bond donors (Lipinski definition) is 0. The highest BCUT2D eigenvalue weighted by Gasteiger charge is 2.27. The van der Waals surface area contributed by atoms with Crippen LogP contribution >= 0.6 is 0 Å². The molecule has 1 saturated carbocycles. The normalized spacial score (nSPS) is 31.1. The molecule has 0 spiro atoms. The van der Waals surface area contributed by atoms with Crippen LogP contribution in [-0.2, 0) is 0 Å². The molecule has 10 heavy (non-hydrogen) atoms. The highest BCUT2D eigenvalue weighted by Crippen LogP contribution is 2.37. The van der Waals surface area contributed by atoms with E-state index in [0.717, 1.165) is 12.8 Å². The van der Waals surface area contributed by atoms with Crippen molar-refractivity contribution in [1.29, 1.82) is 5.26 Å². The minimum Gasteiger partial charge on any atom is -0.198 e. The molecule has 0 aliphatic heterocycles. The average molecular weight is 137 g/mol. The predicted molar refractivity (Wildman–Crippen MR) is 41.4 cm³/mol. The SMILES string of the molecule is CC1(C)CCC[C@H](C#N)C1. The summed E-state index contributed by atoms with van der Waals surface area (Å²) in [5.74, 6) is 0.337. The van der Waals surface area contributed by atoms with E-state index in [4.69, 9.17) is 5.26 Å². The van der Waals surface area contributed by atoms with Gasteiger partial charge in [0.25, 0.3) is 0 Å². The average Bonchev–Trinajstić information content (AvgIpc) is 1.86. The summed E-state index contributed by atoms with van der Waals surface area (Å²) in [6, 6.07) is 2.36. The first-order chi connectivity index (χ1) is 4.64. The summed E-state index contributed by atoms with van der Waals surface area (Å²) in [6.07, 6.45) is 4.76. The summed E-state index contributed by atoms with van der Waals surface area (Å²) in [5, 5.41) is 8.67. The lowest BCUT2D eigenvalue weighted by Crippen LogP contribution is -2.21. The molecule has 0 unspecified atom stereocenters. The van der Waals surface area contributed by atoms with Gasteiger partial charge in [0, 0.05) is 5.92 Å². The van der Waals surface area contributed by atoms with E-state index in [0.29, 0.717) is 11.3 Å². The highest BCUT2D eigenvalue weighted by molar-refractivity contribution is 4.90. The molecule has 1 rings (SSSR count). The molecule has 1 nitrogen and oxygen atoms in total. The van der Waals surface area contributed by atoms with E-state index in [1.54, 1.807) is 0 Å². The highest BCUT2D eigenvalue weighted by atomic mass is 14.4. The molecule has 1 atom stereocenters. The van der Waals surface area contributed by atoms with Crippen LogP contribution < -0.4 is 0 Å². The van der Waals surface area contributed by atoms with Gasteiger partial charge < -0.3 is 0 Å². The third kappa shape index (κ3) is 1.73. The van der Waals surface area contributed by atoms with Gasteiger partial charge in [0.1, 0.15) is 0 Å². The van der Waals surface area contributed by atoms with Crippen LogP contribution in [0.4, 0.5) is 0 Å². The van der Waals surface area contributed by atoms with E-state index >= 15 is 0 Å². The lowest BCUT2D eigenvalue weighted by Gasteiger charge is -2.31. The number of hydrogen-bond acceptors (Lipinski definition) is 1. The van der Waals surface area contributed by atoms with Crippen LogP contribution in [0, 0.1) is 22.7 Å². The van der Waals surface area contributed by atoms with E-state index in [2.05, 4.69) is 19.9 Å². The smallest absolute Gasteiger partial charge is 0.0655 e. The first kappa shape index (κ1) is 7.60. The summed E-state index contributed by atoms with van der Waals surface area (Å²) < 4.78 is 0. The van der Waals surface area contributed by atoms with Crippen molar-refractivity contribution in [1.82, 2.24) is 0 Å². The van der Waals surface area contributed by atoms with Gasteiger partial charge in [-0.15, -0.1) is 0 Å². The Balaban J connectivity index is 2.49. The standard InChI is InChI=1S/C9H15N/c1-9(2)5-3-4-8(6-9)7-10/h8H,3-6H2,1-2H3/t8-/m0/s1. The summed E-state index contributed by atoms with van der Waals surface area (Å²) >= 11 is 0. The fourth-order valence-corrected chi connectivity index (χ4v) is 1.81. The molecular formula is C9H15N. The van der Waals surface area contributed by atoms with E-state index in [-0.39, 0.29) is 0 Å². The van der Waals surface area contributed by atoms with Gasteiger partial charge in [-0.3, -0.25) is 0 Å². The van der Waals surface area contributed by atoms with E-state index in [9.17, 15) is 0 Å². The zero-order valence-corrected chi connectivity index (χ0v) is 6.85. The topological polar surface area (TPSA) is 23.8 Å². The molecular weight excluding hydrogens is 122 g/mol. The molecule has 0 bridgehead atoms. The Hall–Kier alpha value is -0.510. The monoisotopic (exact) mass is 137 g/mol. The Kier molecular flexibility index (Phi) is 1.99. The second-order valence-corrected chi connectivity index (χ2v) is 4.09. The maximum Gasteiger partial charge on any atom is 0.0655 e. The Bertz CT molecular complexity index is 153. The quantitative estimate of drug-likeness (QED) is 0.503. The van der Waals surface area contributed by atoms with E-state index in [1.807, 2.05) is 0 Å². The van der Waals surface area contributed by atoms with Crippen molar-refractivity contribution in [3.05, 3.63) is 0 Å². The van der Waals surface area contributed by atoms with Gasteiger partial charge in [-0.25, -0.2) is 0 Å². The molecule has 0 N–H and O–H groups in total. The fourth-order valence-electron chi connectivity index (χ4n) is 1.81. The van der Waals surface area contributed by atoms with Crippen LogP contribution in [0.2, 0.25) is 0 Å². The zero-order valence-electron chi connectivity index (χ0n) is 6.85. The van der Waals surface area contributed by atoms with Crippen LogP contribution in [0.5, 0.6) is 0 Å². The van der Waals surface area contributed by atoms with Gasteiger partial charge >= 0.3 is 0 Å². The molecule has 0 heterocycles. The van der Waals surface area contributed by atoms with Gasteiger partial charge in [0.2, 0.25) is 0 Å². The zero-order chi connectivity index (χ0) is 7.61. The van der Waals surface area contributed by atoms with Crippen molar-refractivity contribution in [2.45, 2.75) is 39.5 Å². The first-order valence-electron chi connectivity index (χ1n) is 4.04. The van der Waals surface area contributed by atoms with Crippen LogP contribution in [0.1, 0.15) is 39.5 Å². The Morgan fingerprint density at radius 1 is 1.50 bits per heavy atom. The molecule has 0 aromatic heterocycles. The summed E-state index contributed by atoms with van der Waals surface area (Å²) in [4.78, 5) is 0. The van der Waals surface area contributed by atoms with Crippen molar-refractivity contribution >= 4 is 0 Å². The Morgan fingerprint density at radius 2 is 2.20 bits per heavy atom. The van der Waals surface area contributed by atoms with Crippen molar-refractivity contribution in [2.75, 3.05) is 0 Å². The summed E-state index contributed by atoms with van der Waals surface area (Å²) in [6.45, 7) is 4.52. The molecule has 0 radical (unpaired) electrons. The van der Waals surface area contributed by atoms with Crippen molar-refractivity contribution in [3.63, 3.8) is 0 Å². The Labute approximate surface area is 63.0 Å². The maximum absolute atomic E-state index is 8.67. The fraction of sp³-hybridized carbons (Fsp3) is 0.889. The van der Waals surface area contributed by atoms with Crippen molar-refractivity contribution < 1.29 is 0 Å². The molecule has 56 valence electrons. The second-order valence-electron chi connectivity index (χ2n) is 4.09. The minimum atomic E-state index is 0.337. The van der Waals surface area contributed by atoms with Crippen molar-refractivity contribution in [2.24, 2.45) is 11.3 Å². The lowest BCUT2D eigenvalue weighted by atomic mass is 9.73. The molecule has 0 amide bonds. The maximum atomic E-state index is 8.67. The van der Waals surface area contributed by atoms with E-state index < -0.39 is 0 Å². The van der Waals surface area contributed by atoms with Crippen molar-refractivity contribution in [3.8, 4) is 6.07 Å². The molecule has 1 aliphatic carbocycles. The summed E-state index contributed by atoms with van der Waals surface area (Å²) in [5.41, 5.74) is 0.429. The van der Waals surface area contributed by atoms with E-state index in [1.165, 1.54) is 12.8 Å². The van der Waals surface area contributed by atoms with Crippen LogP contribution in [-0.4, -0.2) is 0 Å². The number of rotatable bonds is 0. The van der Waals surface area contributed by atoms with Crippen LogP contribution in [0.3, 0.4) is 0 Å². The third-order valence-electron chi connectivity index (χ3n) is 2.39. The third-order valence-corrected chi connectivity index (χ3v) is 2.39. The molecule has 0 aromatic carbocycles. The predicted octanol–water partition coefficient (Wildman–Crippen LogP) is 2.73. The largest absolute Gasteiger partial charge is 0.198 e. The molecule has 1 fully saturated rings. The number of nitrogens with zero attached hydrogens (tertiary/aromatic N) is 1. The molecule has 1 heteroatoms. The Morgan fingerprint density at radius 3 is 2.60 bits per heavy atom. The first-order valence-corrected chi connectivity index (χ1v) is 4.04.